The Balaban J connectivity index is 0.930. The first-order chi connectivity index (χ1) is 20.3. The van der Waals surface area contributed by atoms with E-state index in [1.807, 2.05) is 24.3 Å². The molecule has 7 rings (SSSR count). The van der Waals surface area contributed by atoms with Gasteiger partial charge in [-0.05, 0) is 92.0 Å². The average molecular weight is 570 g/mol. The van der Waals surface area contributed by atoms with E-state index in [2.05, 4.69) is 32.6 Å². The molecule has 5 amide bonds. The molecule has 10 nitrogen and oxygen atoms in total. The number of rotatable bonds is 6. The van der Waals surface area contributed by atoms with E-state index in [1.165, 1.54) is 6.42 Å². The van der Waals surface area contributed by atoms with E-state index in [4.69, 9.17) is 0 Å². The summed E-state index contributed by atoms with van der Waals surface area (Å²) in [6.45, 7) is 4.34. The zero-order valence-electron chi connectivity index (χ0n) is 23.6. The van der Waals surface area contributed by atoms with Crippen LogP contribution in [0.5, 0.6) is 0 Å². The minimum Gasteiger partial charge on any atom is -0.372 e. The Morgan fingerprint density at radius 3 is 2.07 bits per heavy atom. The number of carbonyl (C=O) groups is 5. The third kappa shape index (κ3) is 4.87. The van der Waals surface area contributed by atoms with Crippen molar-refractivity contribution in [3.05, 3.63) is 64.2 Å². The van der Waals surface area contributed by atoms with Crippen LogP contribution in [0.1, 0.15) is 87.1 Å². The van der Waals surface area contributed by atoms with Gasteiger partial charge in [-0.1, -0.05) is 0 Å². The molecule has 2 aromatic carbocycles. The van der Waals surface area contributed by atoms with Crippen LogP contribution in [0.4, 0.5) is 5.69 Å². The molecule has 4 heterocycles. The predicted molar refractivity (Wildman–Crippen MR) is 154 cm³/mol. The maximum atomic E-state index is 13.2. The lowest BCUT2D eigenvalue weighted by Gasteiger charge is -2.35. The zero-order valence-corrected chi connectivity index (χ0v) is 23.6. The lowest BCUT2D eigenvalue weighted by Crippen LogP contribution is -2.54. The maximum Gasteiger partial charge on any atom is 0.262 e. The van der Waals surface area contributed by atoms with Gasteiger partial charge < -0.3 is 10.2 Å². The van der Waals surface area contributed by atoms with Crippen LogP contribution < -0.4 is 15.5 Å². The molecule has 1 atom stereocenters. The normalized spacial score (nSPS) is 23.1. The Bertz CT molecular complexity index is 1430. The molecule has 0 aromatic heterocycles. The highest BCUT2D eigenvalue weighted by molar-refractivity contribution is 6.23. The third-order valence-corrected chi connectivity index (χ3v) is 9.61. The van der Waals surface area contributed by atoms with Crippen molar-refractivity contribution < 1.29 is 24.0 Å². The first-order valence-electron chi connectivity index (χ1n) is 15.1. The molecule has 2 N–H and O–H groups in total. The number of nitrogens with zero attached hydrogens (tertiary/aromatic N) is 3. The molecule has 0 radical (unpaired) electrons. The first-order valence-corrected chi connectivity index (χ1v) is 15.1. The van der Waals surface area contributed by atoms with E-state index in [1.54, 1.807) is 0 Å². The fourth-order valence-electron chi connectivity index (χ4n) is 6.95. The van der Waals surface area contributed by atoms with Crippen molar-refractivity contribution in [3.8, 4) is 0 Å². The molecule has 0 spiro atoms. The molecule has 4 aliphatic heterocycles. The average Bonchev–Trinajstić information content (AvgIpc) is 3.46. The lowest BCUT2D eigenvalue weighted by molar-refractivity contribution is -0.136. The Labute approximate surface area is 244 Å². The highest BCUT2D eigenvalue weighted by Gasteiger charge is 2.45. The summed E-state index contributed by atoms with van der Waals surface area (Å²) in [5.41, 5.74) is 4.68. The van der Waals surface area contributed by atoms with Crippen LogP contribution in [-0.2, 0) is 22.7 Å². The van der Waals surface area contributed by atoms with E-state index in [9.17, 15) is 24.0 Å². The van der Waals surface area contributed by atoms with Crippen LogP contribution in [-0.4, -0.2) is 71.1 Å². The van der Waals surface area contributed by atoms with Gasteiger partial charge in [0.25, 0.3) is 17.7 Å². The van der Waals surface area contributed by atoms with Gasteiger partial charge in [-0.15, -0.1) is 0 Å². The molecule has 3 fully saturated rings. The molecule has 0 bridgehead atoms. The molecule has 218 valence electrons. The number of carbonyl (C=O) groups excluding carboxylic acids is 5. The van der Waals surface area contributed by atoms with Crippen molar-refractivity contribution in [2.75, 3.05) is 24.5 Å². The van der Waals surface area contributed by atoms with Gasteiger partial charge in [0, 0.05) is 56.4 Å². The van der Waals surface area contributed by atoms with Gasteiger partial charge in [0.2, 0.25) is 11.8 Å². The summed E-state index contributed by atoms with van der Waals surface area (Å²) < 4.78 is 0. The topological polar surface area (TPSA) is 119 Å². The second kappa shape index (κ2) is 10.7. The van der Waals surface area contributed by atoms with Crippen LogP contribution in [0.15, 0.2) is 36.4 Å². The number of piperidine rings is 2. The van der Waals surface area contributed by atoms with Gasteiger partial charge in [-0.2, -0.15) is 0 Å². The van der Waals surface area contributed by atoms with Crippen molar-refractivity contribution in [3.63, 3.8) is 0 Å². The number of amides is 5. The van der Waals surface area contributed by atoms with Gasteiger partial charge in [-0.25, -0.2) is 0 Å². The Morgan fingerprint density at radius 2 is 1.50 bits per heavy atom. The highest BCUT2D eigenvalue weighted by Crippen LogP contribution is 2.34. The summed E-state index contributed by atoms with van der Waals surface area (Å²) in [7, 11) is 0. The van der Waals surface area contributed by atoms with Crippen molar-refractivity contribution in [1.82, 2.24) is 20.4 Å². The van der Waals surface area contributed by atoms with E-state index in [-0.39, 0.29) is 24.7 Å². The van der Waals surface area contributed by atoms with Crippen LogP contribution in [0.3, 0.4) is 0 Å². The third-order valence-electron chi connectivity index (χ3n) is 9.61. The molecule has 1 saturated carbocycles. The van der Waals surface area contributed by atoms with E-state index in [0.29, 0.717) is 28.7 Å². The number of nitrogens with one attached hydrogen (secondary N) is 2. The van der Waals surface area contributed by atoms with E-state index >= 15 is 0 Å². The Morgan fingerprint density at radius 1 is 0.857 bits per heavy atom. The fourth-order valence-corrected chi connectivity index (χ4v) is 6.95. The SMILES string of the molecule is O=C1CCC(N2C(=O)c3cc4c(cc3C2=O)CN(CC2CCN(c3ccc(C(=O)NC5CCC5)cc3)CC2)C4)C(=O)N1. The molecule has 2 saturated heterocycles. The highest BCUT2D eigenvalue weighted by atomic mass is 16.2. The van der Waals surface area contributed by atoms with Crippen LogP contribution in [0.25, 0.3) is 0 Å². The molecular formula is C32H35N5O5. The predicted octanol–water partition coefficient (Wildman–Crippen LogP) is 2.60. The van der Waals surface area contributed by atoms with Crippen molar-refractivity contribution >= 4 is 35.2 Å². The quantitative estimate of drug-likeness (QED) is 0.514. The number of imide groups is 2. The molecule has 5 aliphatic rings. The van der Waals surface area contributed by atoms with Gasteiger partial charge in [0.1, 0.15) is 6.04 Å². The number of hydrogen-bond acceptors (Lipinski definition) is 7. The van der Waals surface area contributed by atoms with Crippen LogP contribution >= 0.6 is 0 Å². The second-order valence-electron chi connectivity index (χ2n) is 12.4. The molecular weight excluding hydrogens is 534 g/mol. The number of benzene rings is 2. The van der Waals surface area contributed by atoms with Crippen LogP contribution in [0.2, 0.25) is 0 Å². The summed E-state index contributed by atoms with van der Waals surface area (Å²) >= 11 is 0. The smallest absolute Gasteiger partial charge is 0.262 e. The Hall–Kier alpha value is -4.05. The molecule has 10 heteroatoms. The second-order valence-corrected chi connectivity index (χ2v) is 12.4. The fraction of sp³-hybridized carbons (Fsp3) is 0.469. The van der Waals surface area contributed by atoms with E-state index < -0.39 is 23.8 Å². The van der Waals surface area contributed by atoms with Gasteiger partial charge >= 0.3 is 0 Å². The monoisotopic (exact) mass is 569 g/mol. The van der Waals surface area contributed by atoms with Crippen LogP contribution in [0, 0.1) is 5.92 Å². The lowest BCUT2D eigenvalue weighted by atomic mass is 9.93. The van der Waals surface area contributed by atoms with E-state index in [0.717, 1.165) is 80.1 Å². The number of anilines is 1. The number of hydrogen-bond donors (Lipinski definition) is 2. The summed E-state index contributed by atoms with van der Waals surface area (Å²) in [6.07, 6.45) is 5.77. The molecule has 1 aliphatic carbocycles. The molecule has 2 aromatic rings. The van der Waals surface area contributed by atoms with Crippen molar-refractivity contribution in [2.45, 2.75) is 70.1 Å². The zero-order chi connectivity index (χ0) is 29.0. The molecule has 1 unspecified atom stereocenters. The maximum absolute atomic E-state index is 13.2. The summed E-state index contributed by atoms with van der Waals surface area (Å²) in [4.78, 5) is 68.5. The van der Waals surface area contributed by atoms with Gasteiger partial charge in [0.15, 0.2) is 0 Å². The standard InChI is InChI=1S/C32H35N5O5/c38-28-9-8-27(30(40)34-28)37-31(41)25-14-21-17-35(18-22(21)15-26(25)32(37)42)16-19-10-12-36(13-11-19)24-6-4-20(5-7-24)29(39)33-23-2-1-3-23/h4-7,14-15,19,23,27H,1-3,8-13,16-18H2,(H,33,39)(H,34,38,40). The largest absolute Gasteiger partial charge is 0.372 e. The van der Waals surface area contributed by atoms with Gasteiger partial charge in [-0.3, -0.25) is 39.1 Å². The molecule has 42 heavy (non-hydrogen) atoms. The summed E-state index contributed by atoms with van der Waals surface area (Å²) in [5, 5.41) is 5.34. The summed E-state index contributed by atoms with van der Waals surface area (Å²) in [6, 6.07) is 11.0. The number of fused-ring (bicyclic) bond motifs is 2. The first kappa shape index (κ1) is 26.8. The minimum atomic E-state index is -0.943. The summed E-state index contributed by atoms with van der Waals surface area (Å²) in [5.74, 6) is -1.30. The minimum absolute atomic E-state index is 0.0159. The van der Waals surface area contributed by atoms with Crippen molar-refractivity contribution in [2.24, 2.45) is 5.92 Å². The Kier molecular flexibility index (Phi) is 6.80. The van der Waals surface area contributed by atoms with Crippen molar-refractivity contribution in [1.29, 1.82) is 0 Å². The van der Waals surface area contributed by atoms with Gasteiger partial charge in [0.05, 0.1) is 11.1 Å².